The Labute approximate surface area is 256 Å². The number of pyridine rings is 1. The summed E-state index contributed by atoms with van der Waals surface area (Å²) < 4.78 is 151. The Hall–Kier alpha value is -3.52. The van der Waals surface area contributed by atoms with Gasteiger partial charge in [-0.25, -0.2) is 9.37 Å². The van der Waals surface area contributed by atoms with Crippen molar-refractivity contribution in [3.63, 3.8) is 0 Å². The summed E-state index contributed by atoms with van der Waals surface area (Å²) in [5.74, 6) is -2.98. The third-order valence-corrected chi connectivity index (χ3v) is 7.81. The molecule has 234 valence electrons. The van der Waals surface area contributed by atoms with Crippen molar-refractivity contribution in [3.8, 4) is 12.3 Å². The lowest BCUT2D eigenvalue weighted by Gasteiger charge is -2.35. The van der Waals surface area contributed by atoms with E-state index in [1.807, 2.05) is 0 Å². The van der Waals surface area contributed by atoms with Crippen LogP contribution < -0.4 is 10.2 Å². The van der Waals surface area contributed by atoms with E-state index >= 15 is 4.39 Å². The molecule has 1 aromatic heterocycles. The molecule has 0 spiro atoms. The van der Waals surface area contributed by atoms with E-state index in [0.29, 0.717) is 14.1 Å². The van der Waals surface area contributed by atoms with E-state index in [-0.39, 0.29) is 11.6 Å². The Morgan fingerprint density at radius 3 is 2.09 bits per heavy atom. The van der Waals surface area contributed by atoms with E-state index in [1.54, 1.807) is 5.32 Å². The average Bonchev–Trinajstić information content (AvgIpc) is 2.90. The molecule has 1 unspecified atom stereocenters. The van der Waals surface area contributed by atoms with Gasteiger partial charge in [-0.15, -0.1) is 15.7 Å². The summed E-state index contributed by atoms with van der Waals surface area (Å²) in [6.45, 7) is -0.606. The lowest BCUT2D eigenvalue weighted by Crippen LogP contribution is -2.49. The topological polar surface area (TPSA) is 62.3 Å². The van der Waals surface area contributed by atoms with E-state index in [2.05, 4.69) is 10.9 Å². The highest BCUT2D eigenvalue weighted by Crippen LogP contribution is 2.57. The molecule has 2 amide bonds. The monoisotopic (exact) mass is 767 g/mol. The fraction of sp³-hybridized carbons (Fsp3) is 0.192. The Morgan fingerprint density at radius 1 is 0.977 bits per heavy atom. The first-order valence-electron chi connectivity index (χ1n) is 11.5. The largest absolute Gasteiger partial charge is 0.418 e. The zero-order chi connectivity index (χ0) is 33.4. The Kier molecular flexibility index (Phi) is 9.91. The number of anilines is 2. The number of carbonyl (C=O) groups excluding carboxylic acids is 2. The Bertz CT molecular complexity index is 1620. The van der Waals surface area contributed by atoms with Crippen molar-refractivity contribution >= 4 is 55.0 Å². The summed E-state index contributed by atoms with van der Waals surface area (Å²) in [6, 6.07) is 4.32. The van der Waals surface area contributed by atoms with Crippen LogP contribution in [0.5, 0.6) is 0 Å². The van der Waals surface area contributed by atoms with Gasteiger partial charge in [0, 0.05) is 9.77 Å². The average molecular weight is 767 g/mol. The minimum atomic E-state index is -6.11. The molecule has 18 heteroatoms. The van der Waals surface area contributed by atoms with Gasteiger partial charge in [0.05, 0.1) is 34.6 Å². The molecule has 0 saturated heterocycles. The number of carbonyl (C=O) groups is 2. The van der Waals surface area contributed by atoms with Crippen LogP contribution in [0.4, 0.5) is 59.7 Å². The van der Waals surface area contributed by atoms with Crippen molar-refractivity contribution < 1.29 is 57.9 Å². The van der Waals surface area contributed by atoms with Gasteiger partial charge < -0.3 is 5.32 Å². The molecule has 0 fully saturated rings. The standard InChI is InChI=1S/C26H14F11IN3O2P/c1-2-8-41(22(43)12-6-7-18(27)39-11-12)17-5-3-4-14(19(17)28)21(42)40-20-15(24(29,30)31)9-13(10-16(20)38)23(44,25(32,33)34)26(35,36)37/h1,3-7,9-11H,8,44H2,(H,40,42). The lowest BCUT2D eigenvalue weighted by molar-refractivity contribution is -0.269. The molecule has 1 heterocycles. The molecule has 5 nitrogen and oxygen atoms in total. The maximum Gasteiger partial charge on any atom is 0.418 e. The summed E-state index contributed by atoms with van der Waals surface area (Å²) in [6.07, 6.45) is -11.8. The van der Waals surface area contributed by atoms with Crippen molar-refractivity contribution in [3.05, 3.63) is 86.3 Å². The van der Waals surface area contributed by atoms with E-state index in [0.717, 1.165) is 59.1 Å². The fourth-order valence-corrected chi connectivity index (χ4v) is 4.70. The number of amides is 2. The van der Waals surface area contributed by atoms with Gasteiger partial charge in [0.25, 0.3) is 11.8 Å². The number of hydrogen-bond acceptors (Lipinski definition) is 3. The number of nitrogens with zero attached hydrogens (tertiary/aromatic N) is 2. The third kappa shape index (κ3) is 6.75. The quantitative estimate of drug-likeness (QED) is 0.0920. The summed E-state index contributed by atoms with van der Waals surface area (Å²) >= 11 is 0.995. The van der Waals surface area contributed by atoms with Gasteiger partial charge in [-0.1, -0.05) is 12.0 Å². The van der Waals surface area contributed by atoms with Crippen LogP contribution in [0.25, 0.3) is 0 Å². The van der Waals surface area contributed by atoms with Gasteiger partial charge >= 0.3 is 18.5 Å². The van der Waals surface area contributed by atoms with Crippen LogP contribution in [0.15, 0.2) is 48.7 Å². The number of terminal acetylenes is 1. The lowest BCUT2D eigenvalue weighted by atomic mass is 9.93. The summed E-state index contributed by atoms with van der Waals surface area (Å²) in [4.78, 5) is 29.9. The second kappa shape index (κ2) is 12.5. The highest BCUT2D eigenvalue weighted by molar-refractivity contribution is 14.1. The molecule has 0 saturated carbocycles. The first-order valence-corrected chi connectivity index (χ1v) is 13.1. The number of rotatable bonds is 6. The van der Waals surface area contributed by atoms with Crippen molar-refractivity contribution in [2.24, 2.45) is 0 Å². The van der Waals surface area contributed by atoms with Crippen LogP contribution in [0.2, 0.25) is 0 Å². The van der Waals surface area contributed by atoms with Gasteiger partial charge in [0.2, 0.25) is 5.95 Å². The van der Waals surface area contributed by atoms with Crippen LogP contribution in [-0.4, -0.2) is 35.7 Å². The maximum atomic E-state index is 15.6. The molecule has 0 aliphatic heterocycles. The van der Waals surface area contributed by atoms with Crippen LogP contribution in [-0.2, 0) is 11.3 Å². The number of alkyl halides is 9. The molecule has 44 heavy (non-hydrogen) atoms. The highest BCUT2D eigenvalue weighted by Gasteiger charge is 2.69. The Balaban J connectivity index is 2.12. The van der Waals surface area contributed by atoms with Crippen molar-refractivity contribution in [1.82, 2.24) is 4.98 Å². The molecule has 3 aromatic rings. The fourth-order valence-electron chi connectivity index (χ4n) is 3.77. The van der Waals surface area contributed by atoms with E-state index < -0.39 is 91.5 Å². The summed E-state index contributed by atoms with van der Waals surface area (Å²) in [7, 11) is 0.497. The second-order valence-corrected chi connectivity index (χ2v) is 10.8. The van der Waals surface area contributed by atoms with Crippen LogP contribution >= 0.6 is 31.8 Å². The van der Waals surface area contributed by atoms with Crippen molar-refractivity contribution in [2.75, 3.05) is 16.8 Å². The van der Waals surface area contributed by atoms with E-state index in [1.165, 1.54) is 0 Å². The number of hydrogen-bond donors (Lipinski definition) is 1. The smallest absolute Gasteiger partial charge is 0.320 e. The van der Waals surface area contributed by atoms with Gasteiger partial charge in [0.15, 0.2) is 11.0 Å². The van der Waals surface area contributed by atoms with Crippen molar-refractivity contribution in [1.29, 1.82) is 0 Å². The van der Waals surface area contributed by atoms with Crippen molar-refractivity contribution in [2.45, 2.75) is 23.7 Å². The van der Waals surface area contributed by atoms with E-state index in [9.17, 15) is 53.5 Å². The normalized spacial score (nSPS) is 12.5. The second-order valence-electron chi connectivity index (χ2n) is 8.74. The van der Waals surface area contributed by atoms with Crippen LogP contribution in [0.1, 0.15) is 31.8 Å². The molecule has 0 aliphatic carbocycles. The molecule has 2 aromatic carbocycles. The van der Waals surface area contributed by atoms with Gasteiger partial charge in [0.1, 0.15) is 0 Å². The SMILES string of the molecule is C#CCN(C(=O)c1ccc(F)nc1)c1cccc(C(=O)Nc2c(I)cc(C(P)(C(F)(F)F)C(F)(F)F)cc2C(F)(F)F)c1F. The summed E-state index contributed by atoms with van der Waals surface area (Å²) in [5.41, 5.74) is -7.07. The number of nitrogens with one attached hydrogen (secondary N) is 1. The molecule has 1 N–H and O–H groups in total. The maximum absolute atomic E-state index is 15.6. The molecule has 1 atom stereocenters. The predicted molar refractivity (Wildman–Crippen MR) is 147 cm³/mol. The molecule has 0 aliphatic rings. The molecular formula is C26H14F11IN3O2P. The molecular weight excluding hydrogens is 753 g/mol. The molecule has 0 bridgehead atoms. The van der Waals surface area contributed by atoms with Gasteiger partial charge in [-0.2, -0.15) is 43.9 Å². The van der Waals surface area contributed by atoms with Gasteiger partial charge in [-0.05, 0) is 64.6 Å². The van der Waals surface area contributed by atoms with Crippen LogP contribution in [0.3, 0.4) is 0 Å². The minimum absolute atomic E-state index is 0.149. The summed E-state index contributed by atoms with van der Waals surface area (Å²) in [5, 5.41) is -3.12. The highest BCUT2D eigenvalue weighted by atomic mass is 127. The first-order chi connectivity index (χ1) is 20.1. The molecule has 0 radical (unpaired) electrons. The van der Waals surface area contributed by atoms with Crippen LogP contribution in [0, 0.1) is 27.7 Å². The third-order valence-electron chi connectivity index (χ3n) is 5.97. The Morgan fingerprint density at radius 2 is 1.59 bits per heavy atom. The zero-order valence-electron chi connectivity index (χ0n) is 21.2. The minimum Gasteiger partial charge on any atom is -0.320 e. The predicted octanol–water partition coefficient (Wildman–Crippen LogP) is 7.71. The number of benzene rings is 2. The first kappa shape index (κ1) is 35.0. The van der Waals surface area contributed by atoms with E-state index in [4.69, 9.17) is 6.42 Å². The number of halogens is 12. The van der Waals surface area contributed by atoms with Gasteiger partial charge in [-0.3, -0.25) is 14.5 Å². The molecule has 3 rings (SSSR count). The number of aromatic nitrogens is 1. The zero-order valence-corrected chi connectivity index (χ0v) is 24.5.